The molecule has 0 saturated carbocycles. The maximum absolute atomic E-state index is 6.44. The lowest BCUT2D eigenvalue weighted by Crippen LogP contribution is -2.24. The van der Waals surface area contributed by atoms with Crippen molar-refractivity contribution in [1.82, 2.24) is 5.43 Å². The minimum atomic E-state index is 0.369. The highest BCUT2D eigenvalue weighted by atomic mass is 16.5. The number of nitrogens with one attached hydrogen (secondary N) is 1. The number of ether oxygens (including phenoxy) is 5. The van der Waals surface area contributed by atoms with E-state index in [1.54, 1.807) is 6.07 Å². The second kappa shape index (κ2) is 10.3. The molecule has 158 valence electrons. The summed E-state index contributed by atoms with van der Waals surface area (Å²) in [6.45, 7) is 2.71. The first kappa shape index (κ1) is 22.0. The summed E-state index contributed by atoms with van der Waals surface area (Å²) < 4.78 is 27.6. The van der Waals surface area contributed by atoms with Gasteiger partial charge >= 0.3 is 0 Å². The third kappa shape index (κ3) is 4.60. The second-order valence-electron chi connectivity index (χ2n) is 6.03. The topological polar surface area (TPSA) is 110 Å². The first-order valence-corrected chi connectivity index (χ1v) is 9.13. The molecule has 29 heavy (non-hydrogen) atoms. The normalized spacial score (nSPS) is 11.4. The summed E-state index contributed by atoms with van der Waals surface area (Å²) in [4.78, 5) is 0. The van der Waals surface area contributed by atoms with Gasteiger partial charge in [0.15, 0.2) is 11.5 Å². The Morgan fingerprint density at radius 2 is 1.52 bits per heavy atom. The van der Waals surface area contributed by atoms with E-state index >= 15 is 0 Å². The highest BCUT2D eigenvalue weighted by molar-refractivity contribution is 5.91. The van der Waals surface area contributed by atoms with Crippen LogP contribution >= 0.6 is 0 Å². The molecule has 0 spiro atoms. The molecule has 0 unspecified atom stereocenters. The van der Waals surface area contributed by atoms with Gasteiger partial charge in [-0.1, -0.05) is 6.92 Å². The second-order valence-corrected chi connectivity index (χ2v) is 6.03. The zero-order valence-corrected chi connectivity index (χ0v) is 17.5. The Labute approximate surface area is 171 Å². The van der Waals surface area contributed by atoms with Gasteiger partial charge in [-0.15, -0.1) is 0 Å². The average Bonchev–Trinajstić information content (AvgIpc) is 2.77. The lowest BCUT2D eigenvalue weighted by atomic mass is 10.0. The van der Waals surface area contributed by atoms with Crippen molar-refractivity contribution in [3.63, 3.8) is 0 Å². The molecule has 0 atom stereocenters. The van der Waals surface area contributed by atoms with Crippen LogP contribution in [-0.4, -0.2) is 35.0 Å². The fraction of sp³-hybridized carbons (Fsp3) is 0.333. The number of hydrogen-bond acceptors (Lipinski definition) is 8. The summed E-state index contributed by atoms with van der Waals surface area (Å²) >= 11 is 0. The van der Waals surface area contributed by atoms with Crippen molar-refractivity contribution in [2.45, 2.75) is 13.3 Å². The highest BCUT2D eigenvalue weighted by Crippen LogP contribution is 2.48. The molecule has 0 saturated heterocycles. The molecule has 0 fully saturated rings. The number of methoxy groups -OCH3 is 4. The Kier molecular flexibility index (Phi) is 7.85. The number of benzene rings is 2. The van der Waals surface area contributed by atoms with Gasteiger partial charge in [0.05, 0.1) is 52.0 Å². The number of hydrogen-bond donors (Lipinski definition) is 3. The van der Waals surface area contributed by atoms with Gasteiger partial charge < -0.3 is 34.8 Å². The van der Waals surface area contributed by atoms with Crippen LogP contribution in [0.15, 0.2) is 30.3 Å². The van der Waals surface area contributed by atoms with Gasteiger partial charge in [-0.05, 0) is 42.3 Å². The van der Waals surface area contributed by atoms with Crippen LogP contribution in [-0.2, 0) is 0 Å². The first-order chi connectivity index (χ1) is 14.1. The van der Waals surface area contributed by atoms with E-state index < -0.39 is 0 Å². The first-order valence-electron chi connectivity index (χ1n) is 9.13. The molecule has 2 aromatic carbocycles. The Hall–Kier alpha value is -3.26. The van der Waals surface area contributed by atoms with Crippen molar-refractivity contribution in [2.75, 3.05) is 35.0 Å². The SMILES string of the molecule is CCCOc1ccc(C(N)=C(NN)c2cc(OC)c(OC)c(OC)c2OC)cc1. The fourth-order valence-corrected chi connectivity index (χ4v) is 2.91. The summed E-state index contributed by atoms with van der Waals surface area (Å²) in [6.07, 6.45) is 0.936. The van der Waals surface area contributed by atoms with Crippen LogP contribution in [0.3, 0.4) is 0 Å². The molecule has 0 aliphatic carbocycles. The van der Waals surface area contributed by atoms with Crippen molar-refractivity contribution in [3.05, 3.63) is 41.5 Å². The third-order valence-electron chi connectivity index (χ3n) is 4.31. The lowest BCUT2D eigenvalue weighted by molar-refractivity contribution is 0.305. The molecule has 0 aliphatic rings. The zero-order valence-electron chi connectivity index (χ0n) is 17.5. The molecule has 5 N–H and O–H groups in total. The number of nitrogens with two attached hydrogens (primary N) is 2. The van der Waals surface area contributed by atoms with E-state index in [9.17, 15) is 0 Å². The van der Waals surface area contributed by atoms with Crippen LogP contribution in [0.2, 0.25) is 0 Å². The molecule has 0 bridgehead atoms. The van der Waals surface area contributed by atoms with Gasteiger partial charge in [0.1, 0.15) is 5.75 Å². The molecule has 0 aliphatic heterocycles. The standard InChI is InChI=1S/C21H29N3O5/c1-6-11-29-14-9-7-13(8-10-14)17(22)18(24-23)15-12-16(25-2)20(27-4)21(28-5)19(15)26-3/h7-10,12,24H,6,11,22-23H2,1-5H3. The quantitative estimate of drug-likeness (QED) is 0.316. The van der Waals surface area contributed by atoms with E-state index in [0.29, 0.717) is 46.6 Å². The number of rotatable bonds is 10. The lowest BCUT2D eigenvalue weighted by Gasteiger charge is -2.21. The van der Waals surface area contributed by atoms with Crippen LogP contribution < -0.4 is 40.7 Å². The maximum atomic E-state index is 6.44. The van der Waals surface area contributed by atoms with Crippen molar-refractivity contribution in [3.8, 4) is 28.7 Å². The van der Waals surface area contributed by atoms with E-state index in [0.717, 1.165) is 17.7 Å². The Morgan fingerprint density at radius 1 is 0.897 bits per heavy atom. The Balaban J connectivity index is 2.62. The van der Waals surface area contributed by atoms with Crippen molar-refractivity contribution in [2.24, 2.45) is 11.6 Å². The van der Waals surface area contributed by atoms with E-state index in [4.69, 9.17) is 35.3 Å². The van der Waals surface area contributed by atoms with E-state index in [2.05, 4.69) is 12.3 Å². The zero-order chi connectivity index (χ0) is 21.4. The summed E-state index contributed by atoms with van der Waals surface area (Å²) in [5.41, 5.74) is 11.3. The van der Waals surface area contributed by atoms with Gasteiger partial charge in [-0.3, -0.25) is 5.84 Å². The molecular weight excluding hydrogens is 374 g/mol. The van der Waals surface area contributed by atoms with Gasteiger partial charge in [-0.25, -0.2) is 0 Å². The van der Waals surface area contributed by atoms with E-state index in [-0.39, 0.29) is 0 Å². The summed E-state index contributed by atoms with van der Waals surface area (Å²) in [5.74, 6) is 8.24. The predicted octanol–water partition coefficient (Wildman–Crippen LogP) is 2.76. The molecule has 0 radical (unpaired) electrons. The molecule has 8 nitrogen and oxygen atoms in total. The van der Waals surface area contributed by atoms with Gasteiger partial charge in [0.2, 0.25) is 11.5 Å². The summed E-state index contributed by atoms with van der Waals surface area (Å²) in [7, 11) is 6.10. The van der Waals surface area contributed by atoms with Gasteiger partial charge in [-0.2, -0.15) is 0 Å². The van der Waals surface area contributed by atoms with Crippen molar-refractivity contribution >= 4 is 11.4 Å². The van der Waals surface area contributed by atoms with Gasteiger partial charge in [0.25, 0.3) is 0 Å². The largest absolute Gasteiger partial charge is 0.494 e. The summed E-state index contributed by atoms with van der Waals surface area (Å²) in [5, 5.41) is 0. The van der Waals surface area contributed by atoms with E-state index in [1.165, 1.54) is 28.4 Å². The maximum Gasteiger partial charge on any atom is 0.207 e. The molecule has 0 aromatic heterocycles. The average molecular weight is 403 g/mol. The highest BCUT2D eigenvalue weighted by Gasteiger charge is 2.24. The minimum absolute atomic E-state index is 0.369. The molecular formula is C21H29N3O5. The van der Waals surface area contributed by atoms with Crippen LogP contribution in [0.4, 0.5) is 0 Å². The molecule has 0 heterocycles. The van der Waals surface area contributed by atoms with Crippen LogP contribution in [0, 0.1) is 0 Å². The Bertz CT molecular complexity index is 850. The minimum Gasteiger partial charge on any atom is -0.494 e. The van der Waals surface area contributed by atoms with Crippen molar-refractivity contribution < 1.29 is 23.7 Å². The van der Waals surface area contributed by atoms with E-state index in [1.807, 2.05) is 24.3 Å². The Morgan fingerprint density at radius 3 is 2.00 bits per heavy atom. The summed E-state index contributed by atoms with van der Waals surface area (Å²) in [6, 6.07) is 9.17. The molecule has 2 aromatic rings. The van der Waals surface area contributed by atoms with Crippen LogP contribution in [0.25, 0.3) is 11.4 Å². The third-order valence-corrected chi connectivity index (χ3v) is 4.31. The van der Waals surface area contributed by atoms with Crippen LogP contribution in [0.1, 0.15) is 24.5 Å². The molecule has 0 amide bonds. The van der Waals surface area contributed by atoms with Crippen molar-refractivity contribution in [1.29, 1.82) is 0 Å². The number of hydrazine groups is 1. The van der Waals surface area contributed by atoms with Gasteiger partial charge in [0, 0.05) is 0 Å². The molecule has 8 heteroatoms. The predicted molar refractivity (Wildman–Crippen MR) is 113 cm³/mol. The smallest absolute Gasteiger partial charge is 0.207 e. The van der Waals surface area contributed by atoms with Crippen LogP contribution in [0.5, 0.6) is 28.7 Å². The fourth-order valence-electron chi connectivity index (χ4n) is 2.91. The monoisotopic (exact) mass is 403 g/mol. The molecule has 2 rings (SSSR count).